The van der Waals surface area contributed by atoms with Gasteiger partial charge >= 0.3 is 0 Å². The lowest BCUT2D eigenvalue weighted by Crippen LogP contribution is -2.37. The van der Waals surface area contributed by atoms with Crippen LogP contribution in [0.3, 0.4) is 0 Å². The summed E-state index contributed by atoms with van der Waals surface area (Å²) >= 11 is 0. The predicted molar refractivity (Wildman–Crippen MR) is 134 cm³/mol. The summed E-state index contributed by atoms with van der Waals surface area (Å²) in [5, 5.41) is 7.24. The Morgan fingerprint density at radius 3 is 2.53 bits per heavy atom. The molecule has 0 spiro atoms. The summed E-state index contributed by atoms with van der Waals surface area (Å²) < 4.78 is 19.8. The lowest BCUT2D eigenvalue weighted by Gasteiger charge is -2.25. The third kappa shape index (κ3) is 6.02. The highest BCUT2D eigenvalue weighted by atomic mass is 19.1. The zero-order valence-electron chi connectivity index (χ0n) is 19.9. The molecule has 1 aliphatic heterocycles. The van der Waals surface area contributed by atoms with Crippen LogP contribution < -0.4 is 0 Å². The lowest BCUT2D eigenvalue weighted by molar-refractivity contribution is -0.132. The largest absolute Gasteiger partial charge is 0.370 e. The van der Waals surface area contributed by atoms with E-state index in [0.29, 0.717) is 32.8 Å². The van der Waals surface area contributed by atoms with Crippen LogP contribution in [0.2, 0.25) is 0 Å². The molecule has 184 valence electrons. The minimum Gasteiger partial charge on any atom is -0.370 e. The molecule has 2 aromatic heterocycles. The molecule has 36 heavy (non-hydrogen) atoms. The van der Waals surface area contributed by atoms with E-state index in [1.54, 1.807) is 30.7 Å². The van der Waals surface area contributed by atoms with Crippen molar-refractivity contribution in [3.05, 3.63) is 108 Å². The number of aromatic nitrogens is 3. The highest BCUT2D eigenvalue weighted by molar-refractivity contribution is 5.78. The Morgan fingerprint density at radius 2 is 1.75 bits per heavy atom. The van der Waals surface area contributed by atoms with E-state index in [1.807, 2.05) is 47.4 Å². The molecule has 1 amide bonds. The highest BCUT2D eigenvalue weighted by Gasteiger charge is 2.29. The van der Waals surface area contributed by atoms with Crippen molar-refractivity contribution in [1.29, 1.82) is 0 Å². The number of nitrogens with one attached hydrogen (secondary N) is 1. The van der Waals surface area contributed by atoms with E-state index in [-0.39, 0.29) is 24.4 Å². The smallest absolute Gasteiger partial charge is 0.237 e. The Balaban J connectivity index is 1.34. The van der Waals surface area contributed by atoms with Crippen LogP contribution in [0, 0.1) is 5.82 Å². The Hall–Kier alpha value is -3.88. The molecular weight excluding hydrogens is 457 g/mol. The molecule has 1 N–H and O–H groups in total. The number of carbonyl (C=O) groups is 1. The molecule has 0 bridgehead atoms. The second-order valence-corrected chi connectivity index (χ2v) is 9.00. The number of nitrogens with zero attached hydrogens (tertiary/aromatic N) is 4. The SMILES string of the molecule is O=C1CN(Cc2cn[nH]c2-c2ccc(F)cc2)CC(OCc2ccccc2)CN1Cc1cccnc1. The van der Waals surface area contributed by atoms with Crippen molar-refractivity contribution in [2.24, 2.45) is 0 Å². The van der Waals surface area contributed by atoms with Crippen LogP contribution in [0.5, 0.6) is 0 Å². The molecule has 8 heteroatoms. The van der Waals surface area contributed by atoms with Gasteiger partial charge in [0.2, 0.25) is 5.91 Å². The number of rotatable bonds is 8. The summed E-state index contributed by atoms with van der Waals surface area (Å²) in [7, 11) is 0. The molecule has 0 aliphatic carbocycles. The normalized spacial score (nSPS) is 16.8. The standard InChI is InChI=1S/C28H28FN5O2/c29-25-10-8-23(9-11-25)28-24(14-31-32-28)16-33-17-26(36-20-21-5-2-1-3-6-21)18-34(27(35)19-33)15-22-7-4-12-30-13-22/h1-14,26H,15-20H2,(H,31,32). The summed E-state index contributed by atoms with van der Waals surface area (Å²) in [4.78, 5) is 21.4. The molecule has 4 aromatic rings. The van der Waals surface area contributed by atoms with E-state index in [1.165, 1.54) is 12.1 Å². The molecule has 2 aromatic carbocycles. The summed E-state index contributed by atoms with van der Waals surface area (Å²) in [6.45, 7) is 2.82. The number of amides is 1. The van der Waals surface area contributed by atoms with E-state index in [4.69, 9.17) is 4.74 Å². The molecular formula is C28H28FN5O2. The van der Waals surface area contributed by atoms with Gasteiger partial charge in [0.15, 0.2) is 0 Å². The Kier molecular flexibility index (Phi) is 7.44. The van der Waals surface area contributed by atoms with Crippen LogP contribution in [-0.4, -0.2) is 56.6 Å². The first-order valence-electron chi connectivity index (χ1n) is 12.0. The molecule has 0 saturated carbocycles. The quantitative estimate of drug-likeness (QED) is 0.408. The van der Waals surface area contributed by atoms with Gasteiger partial charge in [-0.2, -0.15) is 5.10 Å². The van der Waals surface area contributed by atoms with Crippen LogP contribution >= 0.6 is 0 Å². The molecule has 3 heterocycles. The van der Waals surface area contributed by atoms with Crippen molar-refractivity contribution < 1.29 is 13.9 Å². The number of carbonyl (C=O) groups excluding carboxylic acids is 1. The monoisotopic (exact) mass is 485 g/mol. The fourth-order valence-electron chi connectivity index (χ4n) is 4.47. The average Bonchev–Trinajstić information content (AvgIpc) is 3.30. The summed E-state index contributed by atoms with van der Waals surface area (Å²) in [5.74, 6) is -0.249. The van der Waals surface area contributed by atoms with E-state index in [2.05, 4.69) is 20.1 Å². The van der Waals surface area contributed by atoms with E-state index < -0.39 is 0 Å². The first-order valence-corrected chi connectivity index (χ1v) is 12.0. The van der Waals surface area contributed by atoms with Crippen molar-refractivity contribution in [2.45, 2.75) is 25.8 Å². The molecule has 7 nitrogen and oxygen atoms in total. The number of pyridine rings is 1. The first kappa shape index (κ1) is 23.8. The van der Waals surface area contributed by atoms with Crippen molar-refractivity contribution in [2.75, 3.05) is 19.6 Å². The Labute approximate surface area is 209 Å². The Bertz CT molecular complexity index is 1260. The van der Waals surface area contributed by atoms with Crippen LogP contribution in [0.25, 0.3) is 11.3 Å². The minimum atomic E-state index is -0.287. The van der Waals surface area contributed by atoms with Gasteiger partial charge in [0, 0.05) is 49.7 Å². The van der Waals surface area contributed by atoms with Crippen LogP contribution in [0.1, 0.15) is 16.7 Å². The number of benzene rings is 2. The first-order chi connectivity index (χ1) is 17.6. The second-order valence-electron chi connectivity index (χ2n) is 9.00. The molecule has 1 atom stereocenters. The summed E-state index contributed by atoms with van der Waals surface area (Å²) in [5.41, 5.74) is 4.68. The van der Waals surface area contributed by atoms with Crippen LogP contribution in [-0.2, 0) is 29.2 Å². The van der Waals surface area contributed by atoms with Crippen molar-refractivity contribution in [1.82, 2.24) is 25.0 Å². The van der Waals surface area contributed by atoms with Gasteiger partial charge in [-0.1, -0.05) is 36.4 Å². The molecule has 1 aliphatic rings. The molecule has 1 fully saturated rings. The van der Waals surface area contributed by atoms with Gasteiger partial charge in [-0.05, 0) is 41.5 Å². The molecule has 5 rings (SSSR count). The molecule has 1 saturated heterocycles. The third-order valence-corrected chi connectivity index (χ3v) is 6.27. The number of aromatic amines is 1. The van der Waals surface area contributed by atoms with Crippen molar-refractivity contribution >= 4 is 5.91 Å². The number of hydrogen-bond acceptors (Lipinski definition) is 5. The van der Waals surface area contributed by atoms with Crippen molar-refractivity contribution in [3.8, 4) is 11.3 Å². The maximum atomic E-state index is 13.4. The van der Waals surface area contributed by atoms with Gasteiger partial charge in [-0.25, -0.2) is 4.39 Å². The van der Waals surface area contributed by atoms with Crippen LogP contribution in [0.4, 0.5) is 4.39 Å². The molecule has 0 radical (unpaired) electrons. The minimum absolute atomic E-state index is 0.0384. The summed E-state index contributed by atoms with van der Waals surface area (Å²) in [6, 6.07) is 20.2. The fraction of sp³-hybridized carbons (Fsp3) is 0.250. The van der Waals surface area contributed by atoms with Crippen LogP contribution in [0.15, 0.2) is 85.3 Å². The van der Waals surface area contributed by atoms with E-state index in [0.717, 1.165) is 27.9 Å². The lowest BCUT2D eigenvalue weighted by atomic mass is 10.1. The van der Waals surface area contributed by atoms with Gasteiger partial charge in [0.05, 0.1) is 31.1 Å². The second kappa shape index (κ2) is 11.2. The van der Waals surface area contributed by atoms with Gasteiger partial charge < -0.3 is 9.64 Å². The number of ether oxygens (including phenoxy) is 1. The zero-order chi connectivity index (χ0) is 24.7. The summed E-state index contributed by atoms with van der Waals surface area (Å²) in [6.07, 6.45) is 5.11. The fourth-order valence-corrected chi connectivity index (χ4v) is 4.47. The maximum Gasteiger partial charge on any atom is 0.237 e. The molecule has 1 unspecified atom stereocenters. The van der Waals surface area contributed by atoms with E-state index in [9.17, 15) is 9.18 Å². The van der Waals surface area contributed by atoms with Gasteiger partial charge in [0.25, 0.3) is 0 Å². The third-order valence-electron chi connectivity index (χ3n) is 6.27. The number of halogens is 1. The maximum absolute atomic E-state index is 13.4. The topological polar surface area (TPSA) is 74.3 Å². The van der Waals surface area contributed by atoms with Crippen molar-refractivity contribution in [3.63, 3.8) is 0 Å². The Morgan fingerprint density at radius 1 is 0.944 bits per heavy atom. The van der Waals surface area contributed by atoms with Gasteiger partial charge in [-0.3, -0.25) is 19.8 Å². The highest BCUT2D eigenvalue weighted by Crippen LogP contribution is 2.24. The average molecular weight is 486 g/mol. The predicted octanol–water partition coefficient (Wildman–Crippen LogP) is 4.04. The van der Waals surface area contributed by atoms with Gasteiger partial charge in [-0.15, -0.1) is 0 Å². The zero-order valence-corrected chi connectivity index (χ0v) is 19.9. The number of H-pyrrole nitrogens is 1. The van der Waals surface area contributed by atoms with Gasteiger partial charge in [0.1, 0.15) is 5.82 Å². The van der Waals surface area contributed by atoms with E-state index >= 15 is 0 Å². The number of hydrogen-bond donors (Lipinski definition) is 1.